The fourth-order valence-corrected chi connectivity index (χ4v) is 2.26. The molecule has 110 valence electrons. The Bertz CT molecular complexity index is 523. The van der Waals surface area contributed by atoms with E-state index < -0.39 is 17.6 Å². The number of carbonyl (C=O) groups is 2. The minimum absolute atomic E-state index is 0.136. The molecule has 1 aliphatic rings. The Morgan fingerprint density at radius 1 is 1.60 bits per heavy atom. The number of methoxy groups -OCH3 is 1. The lowest BCUT2D eigenvalue weighted by Gasteiger charge is -2.34. The summed E-state index contributed by atoms with van der Waals surface area (Å²) < 4.78 is 5.23. The van der Waals surface area contributed by atoms with Crippen molar-refractivity contribution >= 4 is 11.9 Å². The van der Waals surface area contributed by atoms with Gasteiger partial charge in [-0.3, -0.25) is 4.79 Å². The number of carboxylic acid groups (broad SMARTS) is 1. The van der Waals surface area contributed by atoms with Gasteiger partial charge in [0.05, 0.1) is 36.3 Å². The molecule has 0 saturated heterocycles. The average Bonchev–Trinajstić information content (AvgIpc) is 2.83. The van der Waals surface area contributed by atoms with E-state index in [1.165, 1.54) is 18.3 Å². The van der Waals surface area contributed by atoms with Crippen LogP contribution in [-0.2, 0) is 27.3 Å². The molecule has 7 heteroatoms. The number of nitrogens with zero attached hydrogens (tertiary/aromatic N) is 2. The normalized spacial score (nSPS) is 18.8. The number of imidazole rings is 1. The van der Waals surface area contributed by atoms with E-state index in [9.17, 15) is 14.7 Å². The molecule has 1 aromatic rings. The van der Waals surface area contributed by atoms with Crippen molar-refractivity contribution in [2.75, 3.05) is 7.11 Å². The molecule has 0 fully saturated rings. The smallest absolute Gasteiger partial charge is 0.326 e. The van der Waals surface area contributed by atoms with Crippen LogP contribution in [0.25, 0.3) is 0 Å². The lowest BCUT2D eigenvalue weighted by molar-refractivity contribution is -0.153. The zero-order chi connectivity index (χ0) is 14.9. The maximum absolute atomic E-state index is 12.4. The average molecular weight is 281 g/mol. The van der Waals surface area contributed by atoms with Crippen LogP contribution in [0.1, 0.15) is 31.7 Å². The number of ether oxygens (including phenoxy) is 1. The summed E-state index contributed by atoms with van der Waals surface area (Å²) in [6, 6.07) is -0.869. The van der Waals surface area contributed by atoms with E-state index >= 15 is 0 Å². The molecule has 7 nitrogen and oxygen atoms in total. The first-order chi connectivity index (χ1) is 9.34. The van der Waals surface area contributed by atoms with Crippen molar-refractivity contribution in [3.63, 3.8) is 0 Å². The highest BCUT2D eigenvalue weighted by Crippen LogP contribution is 2.24. The lowest BCUT2D eigenvalue weighted by atomic mass is 9.99. The molecular formula is C13H19N3O4. The summed E-state index contributed by atoms with van der Waals surface area (Å²) in [4.78, 5) is 32.2. The number of hydrogen-bond donors (Lipinski definition) is 2. The van der Waals surface area contributed by atoms with E-state index in [0.29, 0.717) is 5.69 Å². The van der Waals surface area contributed by atoms with Gasteiger partial charge in [-0.2, -0.15) is 0 Å². The number of amides is 1. The second-order valence-corrected chi connectivity index (χ2v) is 5.55. The molecule has 0 radical (unpaired) electrons. The summed E-state index contributed by atoms with van der Waals surface area (Å²) in [6.45, 7) is 3.84. The molecule has 2 N–H and O–H groups in total. The number of aliphatic carboxylic acids is 1. The molecule has 0 aliphatic carbocycles. The predicted octanol–water partition coefficient (Wildman–Crippen LogP) is 0.563. The molecule has 1 atom stereocenters. The van der Waals surface area contributed by atoms with E-state index in [0.717, 1.165) is 5.69 Å². The van der Waals surface area contributed by atoms with Crippen molar-refractivity contribution < 1.29 is 19.4 Å². The molecule has 0 aromatic carbocycles. The molecule has 0 saturated carbocycles. The van der Waals surface area contributed by atoms with Gasteiger partial charge in [0.2, 0.25) is 5.91 Å². The summed E-state index contributed by atoms with van der Waals surface area (Å²) in [5.41, 5.74) is 0.896. The van der Waals surface area contributed by atoms with Gasteiger partial charge >= 0.3 is 5.97 Å². The monoisotopic (exact) mass is 281 g/mol. The van der Waals surface area contributed by atoms with Crippen molar-refractivity contribution in [2.24, 2.45) is 0 Å². The third-order valence-corrected chi connectivity index (χ3v) is 3.63. The number of carboxylic acids is 1. The molecule has 0 bridgehead atoms. The number of H-pyrrole nitrogens is 1. The van der Waals surface area contributed by atoms with Gasteiger partial charge in [0.15, 0.2) is 0 Å². The van der Waals surface area contributed by atoms with Crippen LogP contribution in [0.2, 0.25) is 0 Å². The third kappa shape index (κ3) is 2.82. The van der Waals surface area contributed by atoms with E-state index in [4.69, 9.17) is 4.74 Å². The SMILES string of the molecule is COC(C)(C)CC(=O)N1Cc2[nH]cnc2CC1C(=O)O. The quantitative estimate of drug-likeness (QED) is 0.841. The van der Waals surface area contributed by atoms with E-state index in [2.05, 4.69) is 9.97 Å². The number of rotatable bonds is 4. The first kappa shape index (κ1) is 14.5. The van der Waals surface area contributed by atoms with E-state index in [-0.39, 0.29) is 25.3 Å². The van der Waals surface area contributed by atoms with E-state index in [1.54, 1.807) is 13.8 Å². The standard InChI is InChI=1S/C13H19N3O4/c1-13(2,20-3)5-11(17)16-6-9-8(14-7-15-9)4-10(16)12(18)19/h7,10H,4-6H2,1-3H3,(H,14,15)(H,18,19). The topological polar surface area (TPSA) is 95.5 Å². The zero-order valence-electron chi connectivity index (χ0n) is 11.8. The van der Waals surface area contributed by atoms with Crippen LogP contribution in [0.15, 0.2) is 6.33 Å². The van der Waals surface area contributed by atoms with Crippen LogP contribution < -0.4 is 0 Å². The van der Waals surface area contributed by atoms with Crippen LogP contribution in [-0.4, -0.2) is 50.6 Å². The lowest BCUT2D eigenvalue weighted by Crippen LogP contribution is -2.50. The number of fused-ring (bicyclic) bond motifs is 1. The fourth-order valence-electron chi connectivity index (χ4n) is 2.26. The fraction of sp³-hybridized carbons (Fsp3) is 0.615. The third-order valence-electron chi connectivity index (χ3n) is 3.63. The highest BCUT2D eigenvalue weighted by molar-refractivity contribution is 5.84. The summed E-state index contributed by atoms with van der Waals surface area (Å²) >= 11 is 0. The molecule has 1 aliphatic heterocycles. The largest absolute Gasteiger partial charge is 0.480 e. The zero-order valence-corrected chi connectivity index (χ0v) is 11.8. The minimum Gasteiger partial charge on any atom is -0.480 e. The highest BCUT2D eigenvalue weighted by Gasteiger charge is 2.37. The first-order valence-corrected chi connectivity index (χ1v) is 6.42. The van der Waals surface area contributed by atoms with Gasteiger partial charge < -0.3 is 19.7 Å². The summed E-state index contributed by atoms with van der Waals surface area (Å²) in [5, 5.41) is 9.31. The second-order valence-electron chi connectivity index (χ2n) is 5.55. The van der Waals surface area contributed by atoms with Crippen molar-refractivity contribution in [3.8, 4) is 0 Å². The van der Waals surface area contributed by atoms with Crippen molar-refractivity contribution in [2.45, 2.75) is 44.9 Å². The molecule has 0 spiro atoms. The van der Waals surface area contributed by atoms with Crippen LogP contribution in [0.4, 0.5) is 0 Å². The molecule has 2 heterocycles. The van der Waals surface area contributed by atoms with Crippen LogP contribution in [0, 0.1) is 0 Å². The second kappa shape index (κ2) is 5.24. The van der Waals surface area contributed by atoms with Gasteiger partial charge in [0.1, 0.15) is 6.04 Å². The highest BCUT2D eigenvalue weighted by atomic mass is 16.5. The number of nitrogens with one attached hydrogen (secondary N) is 1. The first-order valence-electron chi connectivity index (χ1n) is 6.42. The van der Waals surface area contributed by atoms with Gasteiger partial charge in [0, 0.05) is 13.5 Å². The Morgan fingerprint density at radius 3 is 2.90 bits per heavy atom. The van der Waals surface area contributed by atoms with Gasteiger partial charge in [0.25, 0.3) is 0 Å². The Morgan fingerprint density at radius 2 is 2.30 bits per heavy atom. The Labute approximate surface area is 116 Å². The molecule has 1 amide bonds. The molecular weight excluding hydrogens is 262 g/mol. The number of aromatic amines is 1. The summed E-state index contributed by atoms with van der Waals surface area (Å²) in [6.07, 6.45) is 1.89. The number of hydrogen-bond acceptors (Lipinski definition) is 4. The minimum atomic E-state index is -1.01. The van der Waals surface area contributed by atoms with Gasteiger partial charge in [-0.05, 0) is 13.8 Å². The van der Waals surface area contributed by atoms with Gasteiger partial charge in [-0.25, -0.2) is 9.78 Å². The number of aromatic nitrogens is 2. The Kier molecular flexibility index (Phi) is 3.80. The predicted molar refractivity (Wildman–Crippen MR) is 70.0 cm³/mol. The van der Waals surface area contributed by atoms with Gasteiger partial charge in [-0.15, -0.1) is 0 Å². The Balaban J connectivity index is 2.20. The molecule has 2 rings (SSSR count). The van der Waals surface area contributed by atoms with Crippen molar-refractivity contribution in [1.82, 2.24) is 14.9 Å². The van der Waals surface area contributed by atoms with Crippen LogP contribution in [0.3, 0.4) is 0 Å². The van der Waals surface area contributed by atoms with Crippen molar-refractivity contribution in [1.29, 1.82) is 0 Å². The number of carbonyl (C=O) groups excluding carboxylic acids is 1. The molecule has 1 aromatic heterocycles. The summed E-state index contributed by atoms with van der Waals surface area (Å²) in [7, 11) is 1.53. The summed E-state index contributed by atoms with van der Waals surface area (Å²) in [5.74, 6) is -1.24. The van der Waals surface area contributed by atoms with Crippen LogP contribution in [0.5, 0.6) is 0 Å². The maximum atomic E-state index is 12.4. The molecule has 1 unspecified atom stereocenters. The van der Waals surface area contributed by atoms with Crippen molar-refractivity contribution in [3.05, 3.63) is 17.7 Å². The van der Waals surface area contributed by atoms with E-state index in [1.807, 2.05) is 0 Å². The maximum Gasteiger partial charge on any atom is 0.326 e. The van der Waals surface area contributed by atoms with Gasteiger partial charge in [-0.1, -0.05) is 0 Å². The molecule has 20 heavy (non-hydrogen) atoms. The van der Waals surface area contributed by atoms with Crippen LogP contribution >= 0.6 is 0 Å². The Hall–Kier alpha value is -1.89.